The molecule has 10 heteroatoms. The summed E-state index contributed by atoms with van der Waals surface area (Å²) in [5.41, 5.74) is 14.4. The number of hydrogen-bond acceptors (Lipinski definition) is 8. The maximum Gasteiger partial charge on any atom is 0.203 e. The summed E-state index contributed by atoms with van der Waals surface area (Å²) in [5, 5.41) is 10.9. The standard InChI is InChI=1S/C22H22Cl2N4O4/c1-29-15-6-10(7-16(30-2)20(15)31-3)19-18-17(12-5-4-11(23)8-14(12)24)13(9-25)21(26)32-22(18)28-27-19/h4-8,17-19,22,27-28H,26H2,1-3H3. The lowest BCUT2D eigenvalue weighted by Gasteiger charge is -2.36. The van der Waals surface area contributed by atoms with Crippen LogP contribution in [0.1, 0.15) is 23.1 Å². The molecular formula is C22H22Cl2N4O4. The number of fused-ring (bicyclic) bond motifs is 1. The van der Waals surface area contributed by atoms with Crippen LogP contribution < -0.4 is 30.8 Å². The van der Waals surface area contributed by atoms with Crippen molar-refractivity contribution in [2.45, 2.75) is 18.2 Å². The Morgan fingerprint density at radius 3 is 2.28 bits per heavy atom. The highest BCUT2D eigenvalue weighted by molar-refractivity contribution is 6.35. The van der Waals surface area contributed by atoms with Gasteiger partial charge in [0.05, 0.1) is 32.9 Å². The summed E-state index contributed by atoms with van der Waals surface area (Å²) in [6.45, 7) is 0. The maximum absolute atomic E-state index is 9.91. The van der Waals surface area contributed by atoms with Gasteiger partial charge in [0.15, 0.2) is 17.7 Å². The van der Waals surface area contributed by atoms with E-state index in [-0.39, 0.29) is 17.8 Å². The number of nitriles is 1. The Labute approximate surface area is 195 Å². The molecule has 168 valence electrons. The van der Waals surface area contributed by atoms with Crippen molar-refractivity contribution in [3.63, 3.8) is 0 Å². The quantitative estimate of drug-likeness (QED) is 0.599. The van der Waals surface area contributed by atoms with E-state index in [9.17, 15) is 5.26 Å². The van der Waals surface area contributed by atoms with E-state index in [0.717, 1.165) is 11.1 Å². The smallest absolute Gasteiger partial charge is 0.203 e. The van der Waals surface area contributed by atoms with Crippen molar-refractivity contribution >= 4 is 23.2 Å². The highest BCUT2D eigenvalue weighted by Gasteiger charge is 2.50. The average Bonchev–Trinajstić information content (AvgIpc) is 3.20. The van der Waals surface area contributed by atoms with Crippen molar-refractivity contribution in [3.05, 3.63) is 63.0 Å². The molecular weight excluding hydrogens is 455 g/mol. The van der Waals surface area contributed by atoms with Gasteiger partial charge in [-0.3, -0.25) is 0 Å². The van der Waals surface area contributed by atoms with Crippen molar-refractivity contribution in [2.24, 2.45) is 11.7 Å². The fraction of sp³-hybridized carbons (Fsp3) is 0.318. The molecule has 2 aromatic carbocycles. The lowest BCUT2D eigenvalue weighted by Crippen LogP contribution is -2.41. The predicted octanol–water partition coefficient (Wildman–Crippen LogP) is 3.62. The van der Waals surface area contributed by atoms with Gasteiger partial charge in [0.25, 0.3) is 0 Å². The van der Waals surface area contributed by atoms with E-state index >= 15 is 0 Å². The number of nitrogens with two attached hydrogens (primary N) is 1. The molecule has 0 amide bonds. The Kier molecular flexibility index (Phi) is 6.26. The molecule has 4 N–H and O–H groups in total. The number of hydrazine groups is 1. The van der Waals surface area contributed by atoms with Gasteiger partial charge in [-0.15, -0.1) is 0 Å². The Bertz CT molecular complexity index is 1090. The molecule has 4 atom stereocenters. The lowest BCUT2D eigenvalue weighted by molar-refractivity contribution is 0.0340. The van der Waals surface area contributed by atoms with E-state index in [1.54, 1.807) is 33.5 Å². The van der Waals surface area contributed by atoms with E-state index in [1.807, 2.05) is 18.2 Å². The molecule has 1 saturated heterocycles. The highest BCUT2D eigenvalue weighted by atomic mass is 35.5. The van der Waals surface area contributed by atoms with Crippen LogP contribution >= 0.6 is 23.2 Å². The molecule has 1 fully saturated rings. The van der Waals surface area contributed by atoms with Gasteiger partial charge in [-0.25, -0.2) is 10.9 Å². The van der Waals surface area contributed by atoms with Crippen LogP contribution in [0, 0.1) is 17.2 Å². The molecule has 0 bridgehead atoms. The molecule has 2 aromatic rings. The van der Waals surface area contributed by atoms with Crippen LogP contribution in [0.25, 0.3) is 0 Å². The fourth-order valence-electron chi connectivity index (χ4n) is 4.39. The highest BCUT2D eigenvalue weighted by Crippen LogP contribution is 2.50. The average molecular weight is 477 g/mol. The zero-order valence-electron chi connectivity index (χ0n) is 17.6. The van der Waals surface area contributed by atoms with Crippen LogP contribution in [0.3, 0.4) is 0 Å². The van der Waals surface area contributed by atoms with E-state index in [1.165, 1.54) is 0 Å². The Balaban J connectivity index is 1.86. The summed E-state index contributed by atoms with van der Waals surface area (Å²) in [7, 11) is 4.66. The maximum atomic E-state index is 9.91. The van der Waals surface area contributed by atoms with Crippen LogP contribution in [0.5, 0.6) is 17.2 Å². The number of allylic oxidation sites excluding steroid dienone is 1. The van der Waals surface area contributed by atoms with Gasteiger partial charge in [-0.2, -0.15) is 5.26 Å². The third-order valence-electron chi connectivity index (χ3n) is 5.80. The van der Waals surface area contributed by atoms with Crippen LogP contribution in [0.15, 0.2) is 41.8 Å². The summed E-state index contributed by atoms with van der Waals surface area (Å²) in [5.74, 6) is 0.847. The number of hydrogen-bond donors (Lipinski definition) is 3. The minimum atomic E-state index is -0.507. The van der Waals surface area contributed by atoms with Crippen molar-refractivity contribution < 1.29 is 18.9 Å². The summed E-state index contributed by atoms with van der Waals surface area (Å²) in [6, 6.07) is 10.8. The molecule has 32 heavy (non-hydrogen) atoms. The van der Waals surface area contributed by atoms with Crippen molar-refractivity contribution in [1.82, 2.24) is 10.9 Å². The monoisotopic (exact) mass is 476 g/mol. The largest absolute Gasteiger partial charge is 0.493 e. The van der Waals surface area contributed by atoms with E-state index in [4.69, 9.17) is 47.9 Å². The van der Waals surface area contributed by atoms with E-state index in [0.29, 0.717) is 32.9 Å². The first kappa shape index (κ1) is 22.4. The zero-order chi connectivity index (χ0) is 23.0. The number of methoxy groups -OCH3 is 3. The topological polar surface area (TPSA) is 111 Å². The molecule has 0 saturated carbocycles. The zero-order valence-corrected chi connectivity index (χ0v) is 19.1. The fourth-order valence-corrected chi connectivity index (χ4v) is 4.91. The van der Waals surface area contributed by atoms with Gasteiger partial charge in [0.1, 0.15) is 6.07 Å². The molecule has 8 nitrogen and oxygen atoms in total. The van der Waals surface area contributed by atoms with Gasteiger partial charge in [-0.05, 0) is 35.4 Å². The first-order chi connectivity index (χ1) is 15.4. The second-order valence-electron chi connectivity index (χ2n) is 7.37. The van der Waals surface area contributed by atoms with E-state index < -0.39 is 12.1 Å². The molecule has 0 spiro atoms. The number of ether oxygens (including phenoxy) is 4. The first-order valence-electron chi connectivity index (χ1n) is 9.75. The molecule has 4 unspecified atom stereocenters. The molecule has 0 radical (unpaired) electrons. The number of nitrogens with zero attached hydrogens (tertiary/aromatic N) is 1. The molecule has 4 rings (SSSR count). The van der Waals surface area contributed by atoms with Gasteiger partial charge in [0, 0.05) is 21.9 Å². The van der Waals surface area contributed by atoms with Crippen molar-refractivity contribution in [1.29, 1.82) is 5.26 Å². The van der Waals surface area contributed by atoms with Gasteiger partial charge >= 0.3 is 0 Å². The summed E-state index contributed by atoms with van der Waals surface area (Å²) >= 11 is 12.7. The Morgan fingerprint density at radius 1 is 1.03 bits per heavy atom. The molecule has 0 aromatic heterocycles. The Hall–Kier alpha value is -2.83. The summed E-state index contributed by atoms with van der Waals surface area (Å²) in [6.07, 6.45) is -0.507. The number of benzene rings is 2. The Morgan fingerprint density at radius 2 is 1.72 bits per heavy atom. The number of nitrogens with one attached hydrogen (secondary N) is 2. The molecule has 2 aliphatic rings. The first-order valence-corrected chi connectivity index (χ1v) is 10.5. The van der Waals surface area contributed by atoms with Crippen LogP contribution in [0.2, 0.25) is 10.0 Å². The van der Waals surface area contributed by atoms with Crippen LogP contribution in [-0.4, -0.2) is 27.6 Å². The molecule has 0 aliphatic carbocycles. The van der Waals surface area contributed by atoms with Crippen molar-refractivity contribution in [3.8, 4) is 23.3 Å². The normalized spacial score (nSPS) is 24.4. The van der Waals surface area contributed by atoms with Gasteiger partial charge in [0.2, 0.25) is 11.6 Å². The molecule has 2 heterocycles. The van der Waals surface area contributed by atoms with Crippen LogP contribution in [-0.2, 0) is 4.74 Å². The third-order valence-corrected chi connectivity index (χ3v) is 6.36. The lowest BCUT2D eigenvalue weighted by atomic mass is 9.74. The minimum absolute atomic E-state index is 0.0598. The van der Waals surface area contributed by atoms with Gasteiger partial charge in [-0.1, -0.05) is 29.3 Å². The second kappa shape index (κ2) is 8.96. The second-order valence-corrected chi connectivity index (χ2v) is 8.22. The summed E-state index contributed by atoms with van der Waals surface area (Å²) < 4.78 is 22.3. The third kappa shape index (κ3) is 3.67. The van der Waals surface area contributed by atoms with Gasteiger partial charge < -0.3 is 24.7 Å². The predicted molar refractivity (Wildman–Crippen MR) is 120 cm³/mol. The van der Waals surface area contributed by atoms with Crippen LogP contribution in [0.4, 0.5) is 0 Å². The number of halogens is 2. The summed E-state index contributed by atoms with van der Waals surface area (Å²) in [4.78, 5) is 0. The van der Waals surface area contributed by atoms with Crippen molar-refractivity contribution in [2.75, 3.05) is 21.3 Å². The minimum Gasteiger partial charge on any atom is -0.493 e. The van der Waals surface area contributed by atoms with E-state index in [2.05, 4.69) is 16.9 Å². The SMILES string of the molecule is COc1cc(C2NNC3OC(N)=C(C#N)C(c4ccc(Cl)cc4Cl)C32)cc(OC)c1OC. The molecule has 2 aliphatic heterocycles. The number of rotatable bonds is 5.